The van der Waals surface area contributed by atoms with Crippen molar-refractivity contribution in [3.63, 3.8) is 0 Å². The van der Waals surface area contributed by atoms with E-state index in [9.17, 15) is 0 Å². The van der Waals surface area contributed by atoms with Crippen molar-refractivity contribution in [1.29, 1.82) is 0 Å². The van der Waals surface area contributed by atoms with Crippen molar-refractivity contribution in [3.8, 4) is 28.5 Å². The summed E-state index contributed by atoms with van der Waals surface area (Å²) < 4.78 is 11.1. The number of nitrogens with zero attached hydrogens (tertiary/aromatic N) is 3. The van der Waals surface area contributed by atoms with Crippen molar-refractivity contribution in [2.45, 2.75) is 19.4 Å². The molecule has 2 aromatic heterocycles. The second-order valence-corrected chi connectivity index (χ2v) is 6.14. The minimum Gasteiger partial charge on any atom is -0.488 e. The number of nitrogens with two attached hydrogens (primary N) is 1. The molecule has 24 heavy (non-hydrogen) atoms. The van der Waals surface area contributed by atoms with Crippen molar-refractivity contribution in [1.82, 2.24) is 15.1 Å². The van der Waals surface area contributed by atoms with E-state index in [2.05, 4.69) is 15.1 Å². The van der Waals surface area contributed by atoms with Gasteiger partial charge in [-0.1, -0.05) is 16.8 Å². The molecule has 0 saturated carbocycles. The van der Waals surface area contributed by atoms with Gasteiger partial charge in [0.25, 0.3) is 5.89 Å². The smallest absolute Gasteiger partial charge is 0.259 e. The Labute approximate surface area is 143 Å². The molecular formula is C17H15ClN4O2. The van der Waals surface area contributed by atoms with Crippen LogP contribution in [0.2, 0.25) is 5.02 Å². The Hall–Kier alpha value is -2.44. The number of ether oxygens (including phenoxy) is 1. The van der Waals surface area contributed by atoms with Crippen LogP contribution >= 0.6 is 11.6 Å². The summed E-state index contributed by atoms with van der Waals surface area (Å²) in [6.45, 7) is 2.24. The molecule has 1 aliphatic heterocycles. The molecule has 1 aliphatic rings. The minimum absolute atomic E-state index is 0.0159. The first-order valence-corrected chi connectivity index (χ1v) is 7.98. The Morgan fingerprint density at radius 1 is 1.33 bits per heavy atom. The molecule has 2 N–H and O–H groups in total. The Bertz CT molecular complexity index is 892. The number of fused-ring (bicyclic) bond motifs is 1. The molecule has 0 radical (unpaired) electrons. The van der Waals surface area contributed by atoms with E-state index in [-0.39, 0.29) is 6.10 Å². The van der Waals surface area contributed by atoms with Gasteiger partial charge in [0.05, 0.1) is 11.3 Å². The summed E-state index contributed by atoms with van der Waals surface area (Å²) in [4.78, 5) is 8.71. The lowest BCUT2D eigenvalue weighted by Gasteiger charge is -2.11. The van der Waals surface area contributed by atoms with Gasteiger partial charge in [-0.25, -0.2) is 0 Å². The van der Waals surface area contributed by atoms with E-state index in [0.717, 1.165) is 34.6 Å². The monoisotopic (exact) mass is 342 g/mol. The molecule has 0 unspecified atom stereocenters. The fraction of sp³-hybridized carbons (Fsp3) is 0.235. The SMILES string of the molecule is Cc1noc(-c2ccc(-c3cc(Cl)cc4c3O[C@@H](CN)C4)nc2)n1. The third-order valence-electron chi connectivity index (χ3n) is 3.94. The number of aromatic nitrogens is 3. The second-order valence-electron chi connectivity index (χ2n) is 5.70. The maximum Gasteiger partial charge on any atom is 0.259 e. The fourth-order valence-electron chi connectivity index (χ4n) is 2.81. The lowest BCUT2D eigenvalue weighted by atomic mass is 10.0. The zero-order valence-electron chi connectivity index (χ0n) is 13.0. The molecule has 6 nitrogen and oxygen atoms in total. The quantitative estimate of drug-likeness (QED) is 0.787. The van der Waals surface area contributed by atoms with E-state index < -0.39 is 0 Å². The van der Waals surface area contributed by atoms with E-state index in [1.807, 2.05) is 24.3 Å². The topological polar surface area (TPSA) is 87.1 Å². The standard InChI is InChI=1S/C17H15ClN4O2/c1-9-21-17(24-22-9)10-2-3-15(20-8-10)14-6-12(18)4-11-5-13(7-19)23-16(11)14/h2-4,6,8,13H,5,7,19H2,1H3/t13-/m1/s1. The molecule has 0 amide bonds. The lowest BCUT2D eigenvalue weighted by molar-refractivity contribution is 0.242. The maximum atomic E-state index is 6.25. The Morgan fingerprint density at radius 3 is 2.88 bits per heavy atom. The first-order chi connectivity index (χ1) is 11.6. The van der Waals surface area contributed by atoms with Gasteiger partial charge < -0.3 is 15.0 Å². The van der Waals surface area contributed by atoms with Crippen molar-refractivity contribution in [2.75, 3.05) is 6.54 Å². The zero-order chi connectivity index (χ0) is 16.7. The Morgan fingerprint density at radius 2 is 2.21 bits per heavy atom. The van der Waals surface area contributed by atoms with Gasteiger partial charge in [-0.3, -0.25) is 4.98 Å². The van der Waals surface area contributed by atoms with Crippen LogP contribution in [0.1, 0.15) is 11.4 Å². The first kappa shape index (κ1) is 15.1. The molecule has 7 heteroatoms. The largest absolute Gasteiger partial charge is 0.488 e. The lowest BCUT2D eigenvalue weighted by Crippen LogP contribution is -2.24. The predicted molar refractivity (Wildman–Crippen MR) is 89.9 cm³/mol. The summed E-state index contributed by atoms with van der Waals surface area (Å²) in [6.07, 6.45) is 2.45. The van der Waals surface area contributed by atoms with E-state index in [0.29, 0.717) is 23.3 Å². The molecule has 122 valence electrons. The molecule has 3 heterocycles. The first-order valence-electron chi connectivity index (χ1n) is 7.60. The van der Waals surface area contributed by atoms with Crippen LogP contribution in [0, 0.1) is 6.92 Å². The van der Waals surface area contributed by atoms with E-state index in [4.69, 9.17) is 26.6 Å². The molecule has 4 rings (SSSR count). The zero-order valence-corrected chi connectivity index (χ0v) is 13.7. The molecule has 0 saturated heterocycles. The minimum atomic E-state index is -0.0159. The fourth-order valence-corrected chi connectivity index (χ4v) is 3.05. The van der Waals surface area contributed by atoms with Gasteiger partial charge in [-0.2, -0.15) is 4.98 Å². The number of benzene rings is 1. The van der Waals surface area contributed by atoms with Crippen LogP contribution in [0.15, 0.2) is 35.0 Å². The van der Waals surface area contributed by atoms with Crippen LogP contribution in [-0.2, 0) is 6.42 Å². The molecule has 0 spiro atoms. The normalized spacial score (nSPS) is 16.0. The van der Waals surface area contributed by atoms with Crippen molar-refractivity contribution in [2.24, 2.45) is 5.73 Å². The van der Waals surface area contributed by atoms with Crippen LogP contribution in [0.3, 0.4) is 0 Å². The summed E-state index contributed by atoms with van der Waals surface area (Å²) in [5.41, 5.74) is 9.19. The molecular weight excluding hydrogens is 328 g/mol. The number of aryl methyl sites for hydroxylation is 1. The summed E-state index contributed by atoms with van der Waals surface area (Å²) in [6, 6.07) is 7.56. The van der Waals surface area contributed by atoms with Gasteiger partial charge in [0, 0.05) is 35.3 Å². The number of hydrogen-bond donors (Lipinski definition) is 1. The van der Waals surface area contributed by atoms with Crippen LogP contribution in [-0.4, -0.2) is 27.8 Å². The van der Waals surface area contributed by atoms with Gasteiger partial charge >= 0.3 is 0 Å². The summed E-state index contributed by atoms with van der Waals surface area (Å²) in [5.74, 6) is 1.84. The highest BCUT2D eigenvalue weighted by atomic mass is 35.5. The van der Waals surface area contributed by atoms with Crippen LogP contribution in [0.4, 0.5) is 0 Å². The molecule has 1 atom stereocenters. The van der Waals surface area contributed by atoms with Crippen LogP contribution < -0.4 is 10.5 Å². The molecule has 0 fully saturated rings. The second kappa shape index (κ2) is 5.89. The summed E-state index contributed by atoms with van der Waals surface area (Å²) >= 11 is 6.25. The number of halogens is 1. The highest BCUT2D eigenvalue weighted by Gasteiger charge is 2.26. The van der Waals surface area contributed by atoms with Gasteiger partial charge in [0.15, 0.2) is 5.82 Å². The average Bonchev–Trinajstić information content (AvgIpc) is 3.20. The predicted octanol–water partition coefficient (Wildman–Crippen LogP) is 3.02. The third-order valence-corrected chi connectivity index (χ3v) is 4.16. The van der Waals surface area contributed by atoms with Crippen LogP contribution in [0.5, 0.6) is 5.75 Å². The van der Waals surface area contributed by atoms with Crippen molar-refractivity contribution in [3.05, 3.63) is 46.9 Å². The highest BCUT2D eigenvalue weighted by molar-refractivity contribution is 6.31. The van der Waals surface area contributed by atoms with Crippen molar-refractivity contribution < 1.29 is 9.26 Å². The molecule has 3 aromatic rings. The van der Waals surface area contributed by atoms with E-state index in [1.165, 1.54) is 0 Å². The maximum absolute atomic E-state index is 6.25. The highest BCUT2D eigenvalue weighted by Crippen LogP contribution is 2.40. The van der Waals surface area contributed by atoms with Gasteiger partial charge in [-0.15, -0.1) is 0 Å². The van der Waals surface area contributed by atoms with Gasteiger partial charge in [0.1, 0.15) is 11.9 Å². The molecule has 0 aliphatic carbocycles. The summed E-state index contributed by atoms with van der Waals surface area (Å²) in [5, 5.41) is 4.44. The van der Waals surface area contributed by atoms with Crippen LogP contribution in [0.25, 0.3) is 22.7 Å². The summed E-state index contributed by atoms with van der Waals surface area (Å²) in [7, 11) is 0. The van der Waals surface area contributed by atoms with Gasteiger partial charge in [-0.05, 0) is 31.2 Å². The Balaban J connectivity index is 1.72. The van der Waals surface area contributed by atoms with E-state index in [1.54, 1.807) is 13.1 Å². The number of pyridine rings is 1. The number of rotatable bonds is 3. The third kappa shape index (κ3) is 2.64. The Kier molecular flexibility index (Phi) is 3.70. The average molecular weight is 343 g/mol. The number of hydrogen-bond acceptors (Lipinski definition) is 6. The van der Waals surface area contributed by atoms with Gasteiger partial charge in [0.2, 0.25) is 0 Å². The van der Waals surface area contributed by atoms with E-state index >= 15 is 0 Å². The van der Waals surface area contributed by atoms with Crippen molar-refractivity contribution >= 4 is 11.6 Å². The molecule has 1 aromatic carbocycles. The molecule has 0 bridgehead atoms.